The summed E-state index contributed by atoms with van der Waals surface area (Å²) in [7, 11) is 4.01. The standard InChI is InChI=1S/C19H37N5O2/c1-4-5-9-22(3)12-8-21-19(20-2)24-10-6-17(7-11-24)18(25)23-13-15-26-16-14-23/h17H,4-16H2,1-3H3,(H,20,21). The van der Waals surface area contributed by atoms with Crippen LogP contribution in [-0.4, -0.2) is 99.7 Å². The van der Waals surface area contributed by atoms with Crippen molar-refractivity contribution < 1.29 is 9.53 Å². The number of carbonyl (C=O) groups is 1. The molecule has 0 aromatic carbocycles. The number of hydrogen-bond donors (Lipinski definition) is 1. The van der Waals surface area contributed by atoms with Crippen LogP contribution in [-0.2, 0) is 9.53 Å². The summed E-state index contributed by atoms with van der Waals surface area (Å²) in [6.07, 6.45) is 4.30. The molecule has 0 spiro atoms. The third kappa shape index (κ3) is 6.43. The Morgan fingerprint density at radius 1 is 1.15 bits per heavy atom. The van der Waals surface area contributed by atoms with Gasteiger partial charge in [-0.2, -0.15) is 0 Å². The molecular formula is C19H37N5O2. The normalized spacial score (nSPS) is 19.9. The lowest BCUT2D eigenvalue weighted by Gasteiger charge is -2.36. The summed E-state index contributed by atoms with van der Waals surface area (Å²) in [6, 6.07) is 0. The van der Waals surface area contributed by atoms with E-state index in [2.05, 4.69) is 34.1 Å². The lowest BCUT2D eigenvalue weighted by Crippen LogP contribution is -2.50. The summed E-state index contributed by atoms with van der Waals surface area (Å²) in [4.78, 5) is 23.7. The van der Waals surface area contributed by atoms with Gasteiger partial charge >= 0.3 is 0 Å². The number of likely N-dealkylation sites (tertiary alicyclic amines) is 1. The van der Waals surface area contributed by atoms with Crippen LogP contribution in [0.1, 0.15) is 32.6 Å². The van der Waals surface area contributed by atoms with Gasteiger partial charge in [0, 0.05) is 52.2 Å². The van der Waals surface area contributed by atoms with Crippen molar-refractivity contribution in [2.75, 3.05) is 73.1 Å². The molecular weight excluding hydrogens is 330 g/mol. The van der Waals surface area contributed by atoms with Gasteiger partial charge in [-0.3, -0.25) is 9.79 Å². The first-order valence-corrected chi connectivity index (χ1v) is 10.2. The van der Waals surface area contributed by atoms with Crippen LogP contribution in [0.5, 0.6) is 0 Å². The molecule has 2 fully saturated rings. The second-order valence-corrected chi connectivity index (χ2v) is 7.33. The average Bonchev–Trinajstić information content (AvgIpc) is 2.70. The molecule has 1 amide bonds. The van der Waals surface area contributed by atoms with E-state index in [-0.39, 0.29) is 5.92 Å². The highest BCUT2D eigenvalue weighted by atomic mass is 16.5. The second-order valence-electron chi connectivity index (χ2n) is 7.33. The van der Waals surface area contributed by atoms with Crippen LogP contribution in [0.2, 0.25) is 0 Å². The highest BCUT2D eigenvalue weighted by molar-refractivity contribution is 5.81. The molecule has 0 aromatic heterocycles. The summed E-state index contributed by atoms with van der Waals surface area (Å²) < 4.78 is 5.35. The fourth-order valence-corrected chi connectivity index (χ4v) is 3.61. The monoisotopic (exact) mass is 367 g/mol. The maximum atomic E-state index is 12.6. The fraction of sp³-hybridized carbons (Fsp3) is 0.895. The van der Waals surface area contributed by atoms with Crippen molar-refractivity contribution in [3.8, 4) is 0 Å². The van der Waals surface area contributed by atoms with E-state index in [0.717, 1.165) is 64.6 Å². The Morgan fingerprint density at radius 3 is 2.46 bits per heavy atom. The Labute approximate surface area is 158 Å². The molecule has 0 atom stereocenters. The number of nitrogens with zero attached hydrogens (tertiary/aromatic N) is 4. The van der Waals surface area contributed by atoms with E-state index in [4.69, 9.17) is 4.74 Å². The molecule has 26 heavy (non-hydrogen) atoms. The van der Waals surface area contributed by atoms with Crippen LogP contribution in [0, 0.1) is 5.92 Å². The molecule has 0 aliphatic carbocycles. The molecule has 0 radical (unpaired) electrons. The van der Waals surface area contributed by atoms with Gasteiger partial charge in [-0.25, -0.2) is 0 Å². The molecule has 7 heteroatoms. The van der Waals surface area contributed by atoms with E-state index in [1.807, 2.05) is 11.9 Å². The van der Waals surface area contributed by atoms with E-state index in [1.54, 1.807) is 0 Å². The van der Waals surface area contributed by atoms with Gasteiger partial charge < -0.3 is 24.8 Å². The van der Waals surface area contributed by atoms with Gasteiger partial charge in [0.05, 0.1) is 13.2 Å². The summed E-state index contributed by atoms with van der Waals surface area (Å²) in [5.41, 5.74) is 0. The van der Waals surface area contributed by atoms with Crippen molar-refractivity contribution in [1.29, 1.82) is 0 Å². The quantitative estimate of drug-likeness (QED) is 0.534. The Kier molecular flexibility index (Phi) is 9.18. The first kappa shape index (κ1) is 21.0. The van der Waals surface area contributed by atoms with Crippen molar-refractivity contribution in [2.24, 2.45) is 10.9 Å². The summed E-state index contributed by atoms with van der Waals surface area (Å²) in [6.45, 7) is 9.92. The summed E-state index contributed by atoms with van der Waals surface area (Å²) in [5.74, 6) is 1.43. The first-order valence-electron chi connectivity index (χ1n) is 10.2. The fourth-order valence-electron chi connectivity index (χ4n) is 3.61. The Balaban J connectivity index is 1.70. The van der Waals surface area contributed by atoms with Gasteiger partial charge in [0.1, 0.15) is 0 Å². The molecule has 0 saturated carbocycles. The van der Waals surface area contributed by atoms with Crippen molar-refractivity contribution in [2.45, 2.75) is 32.6 Å². The number of guanidine groups is 1. The highest BCUT2D eigenvalue weighted by Gasteiger charge is 2.30. The molecule has 1 N–H and O–H groups in total. The van der Waals surface area contributed by atoms with Crippen LogP contribution >= 0.6 is 0 Å². The predicted octanol–water partition coefficient (Wildman–Crippen LogP) is 0.865. The van der Waals surface area contributed by atoms with Gasteiger partial charge in [0.25, 0.3) is 0 Å². The number of likely N-dealkylation sites (N-methyl/N-ethyl adjacent to an activating group) is 1. The molecule has 0 aromatic rings. The number of amides is 1. The molecule has 150 valence electrons. The van der Waals surface area contributed by atoms with Crippen molar-refractivity contribution in [3.63, 3.8) is 0 Å². The van der Waals surface area contributed by atoms with E-state index in [1.165, 1.54) is 12.8 Å². The van der Waals surface area contributed by atoms with Crippen molar-refractivity contribution in [1.82, 2.24) is 20.0 Å². The zero-order valence-electron chi connectivity index (χ0n) is 16.9. The molecule has 2 heterocycles. The molecule has 7 nitrogen and oxygen atoms in total. The van der Waals surface area contributed by atoms with Crippen molar-refractivity contribution in [3.05, 3.63) is 0 Å². The van der Waals surface area contributed by atoms with E-state index >= 15 is 0 Å². The number of piperidine rings is 1. The van der Waals surface area contributed by atoms with Gasteiger partial charge in [0.15, 0.2) is 5.96 Å². The molecule has 0 unspecified atom stereocenters. The number of morpholine rings is 1. The van der Waals surface area contributed by atoms with Crippen molar-refractivity contribution >= 4 is 11.9 Å². The minimum absolute atomic E-state index is 0.155. The Morgan fingerprint density at radius 2 is 1.85 bits per heavy atom. The van der Waals surface area contributed by atoms with Gasteiger partial charge in [-0.05, 0) is 32.9 Å². The number of hydrogen-bond acceptors (Lipinski definition) is 4. The van der Waals surface area contributed by atoms with Crippen LogP contribution < -0.4 is 5.32 Å². The number of rotatable bonds is 7. The van der Waals surface area contributed by atoms with Crippen LogP contribution in [0.4, 0.5) is 0 Å². The van der Waals surface area contributed by atoms with Crippen LogP contribution in [0.25, 0.3) is 0 Å². The predicted molar refractivity (Wildman–Crippen MR) is 105 cm³/mol. The van der Waals surface area contributed by atoms with E-state index in [0.29, 0.717) is 19.1 Å². The lowest BCUT2D eigenvalue weighted by molar-refractivity contribution is -0.140. The van der Waals surface area contributed by atoms with Crippen LogP contribution in [0.3, 0.4) is 0 Å². The molecule has 2 aliphatic rings. The smallest absolute Gasteiger partial charge is 0.225 e. The third-order valence-electron chi connectivity index (χ3n) is 5.35. The summed E-state index contributed by atoms with van der Waals surface area (Å²) in [5, 5.41) is 3.48. The Bertz CT molecular complexity index is 443. The molecule has 2 rings (SSSR count). The molecule has 2 saturated heterocycles. The number of nitrogens with one attached hydrogen (secondary N) is 1. The van der Waals surface area contributed by atoms with Gasteiger partial charge in [0.2, 0.25) is 5.91 Å². The zero-order valence-corrected chi connectivity index (χ0v) is 16.9. The maximum Gasteiger partial charge on any atom is 0.225 e. The molecule has 2 aliphatic heterocycles. The minimum atomic E-state index is 0.155. The SMILES string of the molecule is CCCCN(C)CCNC(=NC)N1CCC(C(=O)N2CCOCC2)CC1. The number of unbranched alkanes of at least 4 members (excludes halogenated alkanes) is 1. The second kappa shape index (κ2) is 11.4. The maximum absolute atomic E-state index is 12.6. The lowest BCUT2D eigenvalue weighted by atomic mass is 9.95. The molecule has 0 bridgehead atoms. The Hall–Kier alpha value is -1.34. The third-order valence-corrected chi connectivity index (χ3v) is 5.35. The van der Waals surface area contributed by atoms with Gasteiger partial charge in [-0.1, -0.05) is 13.3 Å². The number of aliphatic imine (C=N–C) groups is 1. The number of carbonyl (C=O) groups excluding carboxylic acids is 1. The largest absolute Gasteiger partial charge is 0.378 e. The minimum Gasteiger partial charge on any atom is -0.378 e. The number of ether oxygens (including phenoxy) is 1. The average molecular weight is 368 g/mol. The van der Waals surface area contributed by atoms with Crippen LogP contribution in [0.15, 0.2) is 4.99 Å². The zero-order chi connectivity index (χ0) is 18.8. The first-order chi connectivity index (χ1) is 12.7. The summed E-state index contributed by atoms with van der Waals surface area (Å²) >= 11 is 0. The topological polar surface area (TPSA) is 60.4 Å². The van der Waals surface area contributed by atoms with E-state index < -0.39 is 0 Å². The highest BCUT2D eigenvalue weighted by Crippen LogP contribution is 2.20. The van der Waals surface area contributed by atoms with Gasteiger partial charge in [-0.15, -0.1) is 0 Å². The van der Waals surface area contributed by atoms with E-state index in [9.17, 15) is 4.79 Å².